The third-order valence-electron chi connectivity index (χ3n) is 4.13. The number of ketones is 1. The Labute approximate surface area is 148 Å². The minimum atomic E-state index is -1.20. The van der Waals surface area contributed by atoms with Crippen LogP contribution in [0.4, 0.5) is 0 Å². The highest BCUT2D eigenvalue weighted by molar-refractivity contribution is 7.08. The van der Waals surface area contributed by atoms with Gasteiger partial charge in [0, 0.05) is 17.9 Å². The van der Waals surface area contributed by atoms with Crippen molar-refractivity contribution in [1.29, 1.82) is 0 Å². The molecule has 1 heterocycles. The van der Waals surface area contributed by atoms with Crippen molar-refractivity contribution in [3.05, 3.63) is 63.4 Å². The highest BCUT2D eigenvalue weighted by atomic mass is 32.1. The molecule has 3 rings (SSSR count). The van der Waals surface area contributed by atoms with E-state index in [9.17, 15) is 19.5 Å². The second-order valence-electron chi connectivity index (χ2n) is 5.94. The fraction of sp³-hybridized carbons (Fsp3) is 0.211. The van der Waals surface area contributed by atoms with E-state index in [-0.39, 0.29) is 22.8 Å². The number of esters is 1. The van der Waals surface area contributed by atoms with Gasteiger partial charge in [0.15, 0.2) is 5.78 Å². The number of carbonyl (C=O) groups is 3. The number of carboxylic acids is 1. The number of hydrogen-bond acceptors (Lipinski definition) is 5. The normalized spacial score (nSPS) is 21.5. The molecule has 2 unspecified atom stereocenters. The van der Waals surface area contributed by atoms with Crippen LogP contribution in [0.5, 0.6) is 0 Å². The lowest BCUT2D eigenvalue weighted by Gasteiger charge is -2.18. The molecule has 0 bridgehead atoms. The van der Waals surface area contributed by atoms with Crippen molar-refractivity contribution in [2.75, 3.05) is 0 Å². The minimum Gasteiger partial charge on any atom is -0.478 e. The zero-order valence-corrected chi connectivity index (χ0v) is 14.3. The molecule has 1 N–H and O–H groups in total. The van der Waals surface area contributed by atoms with E-state index < -0.39 is 18.0 Å². The van der Waals surface area contributed by atoms with Gasteiger partial charge in [-0.05, 0) is 40.6 Å². The highest BCUT2D eigenvalue weighted by Gasteiger charge is 2.38. The molecule has 0 aliphatic heterocycles. The van der Waals surface area contributed by atoms with Gasteiger partial charge in [0.05, 0.1) is 11.1 Å². The Morgan fingerprint density at radius 1 is 1.24 bits per heavy atom. The van der Waals surface area contributed by atoms with Crippen molar-refractivity contribution in [2.45, 2.75) is 19.4 Å². The quantitative estimate of drug-likeness (QED) is 0.668. The maximum absolute atomic E-state index is 12.5. The van der Waals surface area contributed by atoms with E-state index in [4.69, 9.17) is 4.74 Å². The number of hydrogen-bond donors (Lipinski definition) is 1. The number of carboxylic acid groups (broad SMARTS) is 1. The van der Waals surface area contributed by atoms with Gasteiger partial charge in [0.25, 0.3) is 0 Å². The first-order valence-corrected chi connectivity index (χ1v) is 8.72. The van der Waals surface area contributed by atoms with Crippen molar-refractivity contribution >= 4 is 35.1 Å². The number of ether oxygens (including phenoxy) is 1. The summed E-state index contributed by atoms with van der Waals surface area (Å²) in [6.45, 7) is 1.84. The van der Waals surface area contributed by atoms with Gasteiger partial charge >= 0.3 is 11.9 Å². The molecule has 2 atom stereocenters. The topological polar surface area (TPSA) is 80.7 Å². The lowest BCUT2D eigenvalue weighted by molar-refractivity contribution is -0.114. The fourth-order valence-corrected chi connectivity index (χ4v) is 3.51. The summed E-state index contributed by atoms with van der Waals surface area (Å²) < 4.78 is 5.54. The Hall–Kier alpha value is -2.73. The molecule has 1 fully saturated rings. The average molecular weight is 356 g/mol. The molecule has 2 aromatic rings. The van der Waals surface area contributed by atoms with Crippen LogP contribution in [0, 0.1) is 5.92 Å². The van der Waals surface area contributed by atoms with E-state index in [2.05, 4.69) is 0 Å². The molecule has 6 heteroatoms. The van der Waals surface area contributed by atoms with Gasteiger partial charge in [0.2, 0.25) is 0 Å². The Balaban J connectivity index is 1.89. The first kappa shape index (κ1) is 17.1. The molecular formula is C19H16O5S. The summed E-state index contributed by atoms with van der Waals surface area (Å²) in [5.74, 6) is -2.14. The molecule has 1 aliphatic rings. The van der Waals surface area contributed by atoms with Gasteiger partial charge in [-0.1, -0.05) is 19.1 Å². The number of Topliss-reactive ketones (excluding diaryl/α,β-unsaturated/α-hetero) is 1. The van der Waals surface area contributed by atoms with Crippen LogP contribution in [-0.2, 0) is 9.53 Å². The van der Waals surface area contributed by atoms with Gasteiger partial charge in [0.1, 0.15) is 6.10 Å². The van der Waals surface area contributed by atoms with Crippen LogP contribution in [0.25, 0.3) is 6.08 Å². The monoisotopic (exact) mass is 356 g/mol. The number of benzene rings is 1. The third kappa shape index (κ3) is 3.53. The Morgan fingerprint density at radius 2 is 1.96 bits per heavy atom. The number of aromatic carboxylic acids is 1. The van der Waals surface area contributed by atoms with Crippen molar-refractivity contribution in [3.63, 3.8) is 0 Å². The molecule has 0 saturated heterocycles. The average Bonchev–Trinajstić information content (AvgIpc) is 3.18. The standard InChI is InChI=1S/C19H16O5S/c1-11-8-16(20)15(9-12-6-7-25-10-12)17(11)24-19(23)14-5-3-2-4-13(14)18(21)22/h2-7,9-11,17H,8H2,1H3,(H,21,22)/b15-9+. The zero-order valence-electron chi connectivity index (χ0n) is 13.5. The molecule has 25 heavy (non-hydrogen) atoms. The predicted octanol–water partition coefficient (Wildman–Crippen LogP) is 3.66. The van der Waals surface area contributed by atoms with Crippen molar-refractivity contribution in [1.82, 2.24) is 0 Å². The summed E-state index contributed by atoms with van der Waals surface area (Å²) in [5.41, 5.74) is 1.20. The smallest absolute Gasteiger partial charge is 0.339 e. The van der Waals surface area contributed by atoms with Gasteiger partial charge in [-0.3, -0.25) is 4.79 Å². The summed E-state index contributed by atoms with van der Waals surface area (Å²) in [6, 6.07) is 7.77. The molecule has 1 saturated carbocycles. The van der Waals surface area contributed by atoms with Crippen LogP contribution in [0.2, 0.25) is 0 Å². The molecule has 1 aliphatic carbocycles. The molecule has 0 radical (unpaired) electrons. The minimum absolute atomic E-state index is 0.0172. The fourth-order valence-electron chi connectivity index (χ4n) is 2.89. The maximum atomic E-state index is 12.5. The summed E-state index contributed by atoms with van der Waals surface area (Å²) in [4.78, 5) is 36.1. The van der Waals surface area contributed by atoms with Gasteiger partial charge in [-0.2, -0.15) is 11.3 Å². The SMILES string of the molecule is CC1CC(=O)/C(=C\c2ccsc2)C1OC(=O)c1ccccc1C(=O)O. The van der Waals surface area contributed by atoms with Crippen LogP contribution in [-0.4, -0.2) is 28.9 Å². The second kappa shape index (κ2) is 7.03. The molecular weight excluding hydrogens is 340 g/mol. The van der Waals surface area contributed by atoms with Gasteiger partial charge < -0.3 is 9.84 Å². The van der Waals surface area contributed by atoms with E-state index in [1.165, 1.54) is 23.5 Å². The number of carbonyl (C=O) groups excluding carboxylic acids is 2. The molecule has 1 aromatic heterocycles. The van der Waals surface area contributed by atoms with Crippen LogP contribution >= 0.6 is 11.3 Å². The van der Waals surface area contributed by atoms with Crippen molar-refractivity contribution in [3.8, 4) is 0 Å². The Bertz CT molecular complexity index is 850. The molecule has 5 nitrogen and oxygen atoms in total. The van der Waals surface area contributed by atoms with Crippen LogP contribution in [0.1, 0.15) is 39.6 Å². The highest BCUT2D eigenvalue weighted by Crippen LogP contribution is 2.33. The lowest BCUT2D eigenvalue weighted by Crippen LogP contribution is -2.24. The zero-order chi connectivity index (χ0) is 18.0. The summed E-state index contributed by atoms with van der Waals surface area (Å²) in [5, 5.41) is 13.0. The summed E-state index contributed by atoms with van der Waals surface area (Å²) in [7, 11) is 0. The molecule has 1 aromatic carbocycles. The molecule has 0 amide bonds. The van der Waals surface area contributed by atoms with E-state index in [1.807, 2.05) is 23.8 Å². The first-order chi connectivity index (χ1) is 12.0. The maximum Gasteiger partial charge on any atom is 0.339 e. The van der Waals surface area contributed by atoms with Crippen molar-refractivity contribution < 1.29 is 24.2 Å². The van der Waals surface area contributed by atoms with E-state index in [0.717, 1.165) is 5.56 Å². The number of thiophene rings is 1. The largest absolute Gasteiger partial charge is 0.478 e. The third-order valence-corrected chi connectivity index (χ3v) is 4.83. The lowest BCUT2D eigenvalue weighted by atomic mass is 10.0. The van der Waals surface area contributed by atoms with E-state index in [0.29, 0.717) is 12.0 Å². The van der Waals surface area contributed by atoms with Crippen molar-refractivity contribution in [2.24, 2.45) is 5.92 Å². The van der Waals surface area contributed by atoms with Crippen LogP contribution < -0.4 is 0 Å². The van der Waals surface area contributed by atoms with Crippen LogP contribution in [0.3, 0.4) is 0 Å². The predicted molar refractivity (Wildman–Crippen MR) is 93.7 cm³/mol. The van der Waals surface area contributed by atoms with Crippen LogP contribution in [0.15, 0.2) is 46.7 Å². The van der Waals surface area contributed by atoms with Gasteiger partial charge in [-0.15, -0.1) is 0 Å². The molecule has 128 valence electrons. The summed E-state index contributed by atoms with van der Waals surface area (Å²) >= 11 is 1.51. The second-order valence-corrected chi connectivity index (χ2v) is 6.72. The molecule has 0 spiro atoms. The Kier molecular flexibility index (Phi) is 4.81. The number of rotatable bonds is 4. The Morgan fingerprint density at radius 3 is 2.60 bits per heavy atom. The van der Waals surface area contributed by atoms with E-state index in [1.54, 1.807) is 18.2 Å². The van der Waals surface area contributed by atoms with E-state index >= 15 is 0 Å². The first-order valence-electron chi connectivity index (χ1n) is 7.77. The van der Waals surface area contributed by atoms with Gasteiger partial charge in [-0.25, -0.2) is 9.59 Å². The summed E-state index contributed by atoms with van der Waals surface area (Å²) in [6.07, 6.45) is 1.36.